The van der Waals surface area contributed by atoms with Gasteiger partial charge in [-0.15, -0.1) is 0 Å². The first-order chi connectivity index (χ1) is 9.93. The monoisotopic (exact) mass is 357 g/mol. The standard InChI is InChI=1S/C17H25BrFNO/c1-17(2,20-10-5-3-4-6-11-20)15(21)12-13-8-7-9-14(19)16(13)18/h7-9,15,21H,3-6,10-12H2,1-2H3. The summed E-state index contributed by atoms with van der Waals surface area (Å²) in [6.45, 7) is 6.26. The van der Waals surface area contributed by atoms with Gasteiger partial charge in [0.15, 0.2) is 0 Å². The van der Waals surface area contributed by atoms with Crippen molar-refractivity contribution in [3.8, 4) is 0 Å². The lowest BCUT2D eigenvalue weighted by molar-refractivity contribution is -0.00797. The van der Waals surface area contributed by atoms with E-state index in [9.17, 15) is 9.50 Å². The number of hydrogen-bond acceptors (Lipinski definition) is 2. The molecule has 0 aliphatic carbocycles. The third-order valence-corrected chi connectivity index (χ3v) is 5.57. The molecule has 1 aliphatic rings. The maximum Gasteiger partial charge on any atom is 0.137 e. The molecule has 1 fully saturated rings. The van der Waals surface area contributed by atoms with Gasteiger partial charge in [-0.25, -0.2) is 4.39 Å². The van der Waals surface area contributed by atoms with Crippen LogP contribution in [0.4, 0.5) is 4.39 Å². The first-order valence-electron chi connectivity index (χ1n) is 7.79. The topological polar surface area (TPSA) is 23.5 Å². The van der Waals surface area contributed by atoms with Crippen LogP contribution in [0.25, 0.3) is 0 Å². The van der Waals surface area contributed by atoms with Crippen molar-refractivity contribution in [1.82, 2.24) is 4.90 Å². The zero-order valence-electron chi connectivity index (χ0n) is 12.9. The van der Waals surface area contributed by atoms with Crippen molar-refractivity contribution < 1.29 is 9.50 Å². The molecular weight excluding hydrogens is 333 g/mol. The van der Waals surface area contributed by atoms with Gasteiger partial charge in [0.05, 0.1) is 10.6 Å². The second-order valence-corrected chi connectivity index (χ2v) is 7.28. The molecule has 0 radical (unpaired) electrons. The minimum atomic E-state index is -0.520. The molecule has 1 saturated heterocycles. The lowest BCUT2D eigenvalue weighted by Crippen LogP contribution is -2.53. The number of likely N-dealkylation sites (tertiary alicyclic amines) is 1. The van der Waals surface area contributed by atoms with E-state index >= 15 is 0 Å². The Morgan fingerprint density at radius 3 is 2.48 bits per heavy atom. The van der Waals surface area contributed by atoms with Gasteiger partial charge in [0.1, 0.15) is 5.82 Å². The van der Waals surface area contributed by atoms with Crippen molar-refractivity contribution in [2.45, 2.75) is 57.6 Å². The van der Waals surface area contributed by atoms with Gasteiger partial charge in [-0.3, -0.25) is 4.90 Å². The Balaban J connectivity index is 2.10. The number of aliphatic hydroxyl groups excluding tert-OH is 1. The molecule has 118 valence electrons. The van der Waals surface area contributed by atoms with E-state index in [1.54, 1.807) is 6.07 Å². The summed E-state index contributed by atoms with van der Waals surface area (Å²) in [6.07, 6.45) is 4.88. The number of halogens is 2. The van der Waals surface area contributed by atoms with E-state index in [4.69, 9.17) is 0 Å². The number of rotatable bonds is 4. The van der Waals surface area contributed by atoms with Crippen molar-refractivity contribution in [2.24, 2.45) is 0 Å². The van der Waals surface area contributed by atoms with Crippen LogP contribution in [0.3, 0.4) is 0 Å². The molecule has 0 saturated carbocycles. The minimum absolute atomic E-state index is 0.271. The fourth-order valence-electron chi connectivity index (χ4n) is 3.02. The summed E-state index contributed by atoms with van der Waals surface area (Å²) in [5, 5.41) is 10.7. The predicted octanol–water partition coefficient (Wildman–Crippen LogP) is 4.15. The summed E-state index contributed by atoms with van der Waals surface area (Å²) in [7, 11) is 0. The first kappa shape index (κ1) is 16.9. The van der Waals surface area contributed by atoms with Gasteiger partial charge in [0, 0.05) is 12.0 Å². The largest absolute Gasteiger partial charge is 0.391 e. The van der Waals surface area contributed by atoms with Gasteiger partial charge < -0.3 is 5.11 Å². The van der Waals surface area contributed by atoms with Crippen molar-refractivity contribution in [3.63, 3.8) is 0 Å². The van der Waals surface area contributed by atoms with Gasteiger partial charge in [0.25, 0.3) is 0 Å². The molecule has 1 N–H and O–H groups in total. The quantitative estimate of drug-likeness (QED) is 0.874. The molecule has 1 aliphatic heterocycles. The summed E-state index contributed by atoms with van der Waals surface area (Å²) in [5.74, 6) is -0.271. The normalized spacial score (nSPS) is 19.3. The highest BCUT2D eigenvalue weighted by molar-refractivity contribution is 9.10. The van der Waals surface area contributed by atoms with E-state index in [-0.39, 0.29) is 11.4 Å². The highest BCUT2D eigenvalue weighted by atomic mass is 79.9. The van der Waals surface area contributed by atoms with Crippen molar-refractivity contribution in [1.29, 1.82) is 0 Å². The van der Waals surface area contributed by atoms with Crippen LogP contribution in [0.2, 0.25) is 0 Å². The molecule has 1 aromatic rings. The Morgan fingerprint density at radius 1 is 1.24 bits per heavy atom. The Kier molecular flexibility index (Phi) is 5.81. The summed E-state index contributed by atoms with van der Waals surface area (Å²) >= 11 is 3.28. The summed E-state index contributed by atoms with van der Waals surface area (Å²) in [4.78, 5) is 2.39. The van der Waals surface area contributed by atoms with Crippen LogP contribution in [-0.2, 0) is 6.42 Å². The van der Waals surface area contributed by atoms with Crippen LogP contribution in [0.5, 0.6) is 0 Å². The second-order valence-electron chi connectivity index (χ2n) is 6.49. The van der Waals surface area contributed by atoms with E-state index in [0.717, 1.165) is 18.7 Å². The molecule has 0 spiro atoms. The molecule has 1 heterocycles. The Morgan fingerprint density at radius 2 is 1.86 bits per heavy atom. The molecule has 4 heteroatoms. The van der Waals surface area contributed by atoms with Gasteiger partial charge >= 0.3 is 0 Å². The fraction of sp³-hybridized carbons (Fsp3) is 0.647. The average Bonchev–Trinajstić information content (AvgIpc) is 2.73. The zero-order valence-corrected chi connectivity index (χ0v) is 14.5. The maximum atomic E-state index is 13.6. The lowest BCUT2D eigenvalue weighted by Gasteiger charge is -2.41. The van der Waals surface area contributed by atoms with Crippen LogP contribution in [0, 0.1) is 5.82 Å². The van der Waals surface area contributed by atoms with Crippen molar-refractivity contribution in [3.05, 3.63) is 34.1 Å². The highest BCUT2D eigenvalue weighted by Gasteiger charge is 2.34. The maximum absolute atomic E-state index is 13.6. The lowest BCUT2D eigenvalue weighted by atomic mass is 9.89. The fourth-order valence-corrected chi connectivity index (χ4v) is 3.45. The van der Waals surface area contributed by atoms with Crippen LogP contribution in [0.1, 0.15) is 45.1 Å². The van der Waals surface area contributed by atoms with E-state index in [2.05, 4.69) is 34.7 Å². The highest BCUT2D eigenvalue weighted by Crippen LogP contribution is 2.28. The van der Waals surface area contributed by atoms with Gasteiger partial charge in [-0.1, -0.05) is 25.0 Å². The number of hydrogen-bond donors (Lipinski definition) is 1. The molecule has 2 nitrogen and oxygen atoms in total. The second kappa shape index (κ2) is 7.21. The van der Waals surface area contributed by atoms with Crippen LogP contribution in [0.15, 0.2) is 22.7 Å². The van der Waals surface area contributed by atoms with Crippen LogP contribution < -0.4 is 0 Å². The molecular formula is C17H25BrFNO. The minimum Gasteiger partial charge on any atom is -0.391 e. The third kappa shape index (κ3) is 4.05. The molecule has 21 heavy (non-hydrogen) atoms. The zero-order chi connectivity index (χ0) is 15.5. The van der Waals surface area contributed by atoms with E-state index < -0.39 is 6.10 Å². The smallest absolute Gasteiger partial charge is 0.137 e. The molecule has 2 rings (SSSR count). The van der Waals surface area contributed by atoms with Gasteiger partial charge in [0.2, 0.25) is 0 Å². The predicted molar refractivity (Wildman–Crippen MR) is 87.9 cm³/mol. The van der Waals surface area contributed by atoms with Gasteiger partial charge in [-0.2, -0.15) is 0 Å². The molecule has 1 aromatic carbocycles. The van der Waals surface area contributed by atoms with E-state index in [0.29, 0.717) is 10.9 Å². The third-order valence-electron chi connectivity index (χ3n) is 4.68. The van der Waals surface area contributed by atoms with Crippen molar-refractivity contribution >= 4 is 15.9 Å². The molecule has 0 aromatic heterocycles. The van der Waals surface area contributed by atoms with Crippen LogP contribution in [-0.4, -0.2) is 34.7 Å². The Labute approximate surface area is 135 Å². The van der Waals surface area contributed by atoms with Crippen LogP contribution >= 0.6 is 15.9 Å². The summed E-state index contributed by atoms with van der Waals surface area (Å²) in [5.41, 5.74) is 0.529. The molecule has 1 unspecified atom stereocenters. The average molecular weight is 358 g/mol. The Hall–Kier alpha value is -0.450. The number of benzene rings is 1. The Bertz CT molecular complexity index is 470. The molecule has 0 bridgehead atoms. The summed E-state index contributed by atoms with van der Waals surface area (Å²) < 4.78 is 14.1. The molecule has 0 amide bonds. The molecule has 1 atom stereocenters. The van der Waals surface area contributed by atoms with Crippen molar-refractivity contribution in [2.75, 3.05) is 13.1 Å². The number of aliphatic hydroxyl groups is 1. The van der Waals surface area contributed by atoms with E-state index in [1.807, 2.05) is 6.07 Å². The van der Waals surface area contributed by atoms with Gasteiger partial charge in [-0.05, 0) is 67.3 Å². The SMILES string of the molecule is CC(C)(C(O)Cc1cccc(F)c1Br)N1CCCCCC1. The first-order valence-corrected chi connectivity index (χ1v) is 8.58. The van der Waals surface area contributed by atoms with E-state index in [1.165, 1.54) is 31.7 Å². The summed E-state index contributed by atoms with van der Waals surface area (Å²) in [6, 6.07) is 5.00. The number of nitrogens with zero attached hydrogens (tertiary/aromatic N) is 1.